The highest BCUT2D eigenvalue weighted by molar-refractivity contribution is 7.92. The van der Waals surface area contributed by atoms with Crippen molar-refractivity contribution in [1.82, 2.24) is 0 Å². The van der Waals surface area contributed by atoms with Gasteiger partial charge in [-0.1, -0.05) is 0 Å². The van der Waals surface area contributed by atoms with E-state index in [1.807, 2.05) is 0 Å². The highest BCUT2D eigenvalue weighted by Gasteiger charge is 2.17. The Bertz CT molecular complexity index is 441. The van der Waals surface area contributed by atoms with Gasteiger partial charge in [-0.2, -0.15) is 0 Å². The quantitative estimate of drug-likeness (QED) is 0.811. The molecule has 1 N–H and O–H groups in total. The molecule has 1 rings (SSSR count). The molecule has 4 nitrogen and oxygen atoms in total. The Balaban J connectivity index is 3.33. The van der Waals surface area contributed by atoms with Crippen LogP contribution in [0.1, 0.15) is 15.2 Å². The van der Waals surface area contributed by atoms with Crippen molar-refractivity contribution in [2.75, 3.05) is 6.26 Å². The summed E-state index contributed by atoms with van der Waals surface area (Å²) in [5.74, 6) is -1.09. The van der Waals surface area contributed by atoms with Gasteiger partial charge in [0.05, 0.1) is 0 Å². The zero-order valence-electron chi connectivity index (χ0n) is 7.07. The van der Waals surface area contributed by atoms with E-state index < -0.39 is 15.8 Å². The van der Waals surface area contributed by atoms with Gasteiger partial charge < -0.3 is 5.11 Å². The SMILES string of the molecule is Cc1cc(S(C)(=O)=O)sc1C(=O)O. The van der Waals surface area contributed by atoms with Crippen LogP contribution in [0.15, 0.2) is 10.3 Å². The summed E-state index contributed by atoms with van der Waals surface area (Å²) in [6.07, 6.45) is 1.06. The van der Waals surface area contributed by atoms with Crippen molar-refractivity contribution in [1.29, 1.82) is 0 Å². The minimum atomic E-state index is -3.28. The predicted molar refractivity (Wildman–Crippen MR) is 49.1 cm³/mol. The summed E-state index contributed by atoms with van der Waals surface area (Å²) in [6, 6.07) is 1.38. The molecule has 0 saturated carbocycles. The third kappa shape index (κ3) is 2.07. The van der Waals surface area contributed by atoms with Crippen molar-refractivity contribution in [3.8, 4) is 0 Å². The van der Waals surface area contributed by atoms with Crippen LogP contribution in [0.2, 0.25) is 0 Å². The molecular weight excluding hydrogens is 212 g/mol. The average Bonchev–Trinajstić information content (AvgIpc) is 2.29. The average molecular weight is 220 g/mol. The van der Waals surface area contributed by atoms with E-state index in [0.29, 0.717) is 5.56 Å². The smallest absolute Gasteiger partial charge is 0.346 e. The van der Waals surface area contributed by atoms with E-state index in [1.165, 1.54) is 6.07 Å². The van der Waals surface area contributed by atoms with E-state index in [-0.39, 0.29) is 9.09 Å². The number of carboxylic acids is 1. The number of hydrogen-bond donors (Lipinski definition) is 1. The first kappa shape index (κ1) is 10.2. The molecule has 0 unspecified atom stereocenters. The van der Waals surface area contributed by atoms with E-state index >= 15 is 0 Å². The zero-order valence-corrected chi connectivity index (χ0v) is 8.70. The molecule has 0 atom stereocenters. The summed E-state index contributed by atoms with van der Waals surface area (Å²) in [5, 5.41) is 8.66. The lowest BCUT2D eigenvalue weighted by molar-refractivity contribution is 0.0701. The summed E-state index contributed by atoms with van der Waals surface area (Å²) >= 11 is 0.787. The molecule has 0 amide bonds. The highest BCUT2D eigenvalue weighted by atomic mass is 32.2. The number of carbonyl (C=O) groups is 1. The maximum absolute atomic E-state index is 11.0. The van der Waals surface area contributed by atoms with Crippen LogP contribution >= 0.6 is 11.3 Å². The molecule has 1 aromatic rings. The van der Waals surface area contributed by atoms with Gasteiger partial charge >= 0.3 is 5.97 Å². The molecule has 0 radical (unpaired) electrons. The van der Waals surface area contributed by atoms with Crippen molar-refractivity contribution in [2.24, 2.45) is 0 Å². The molecule has 72 valence electrons. The van der Waals surface area contributed by atoms with Gasteiger partial charge in [0.25, 0.3) is 0 Å². The predicted octanol–water partition coefficient (Wildman–Crippen LogP) is 1.16. The Morgan fingerprint density at radius 2 is 2.08 bits per heavy atom. The lowest BCUT2D eigenvalue weighted by Crippen LogP contribution is -1.93. The summed E-state index contributed by atoms with van der Waals surface area (Å²) in [6.45, 7) is 1.58. The van der Waals surface area contributed by atoms with Crippen LogP contribution in [-0.2, 0) is 9.84 Å². The van der Waals surface area contributed by atoms with E-state index in [4.69, 9.17) is 5.11 Å². The molecule has 0 aliphatic rings. The summed E-state index contributed by atoms with van der Waals surface area (Å²) < 4.78 is 22.2. The molecule has 0 aliphatic carbocycles. The molecule has 0 spiro atoms. The second-order valence-electron chi connectivity index (χ2n) is 2.65. The monoisotopic (exact) mass is 220 g/mol. The number of aromatic carboxylic acids is 1. The number of thiophene rings is 1. The minimum absolute atomic E-state index is 0.0837. The van der Waals surface area contributed by atoms with Crippen LogP contribution in [0.5, 0.6) is 0 Å². The van der Waals surface area contributed by atoms with Gasteiger partial charge in [-0.05, 0) is 18.6 Å². The van der Waals surface area contributed by atoms with Gasteiger partial charge in [0.2, 0.25) is 0 Å². The fourth-order valence-corrected chi connectivity index (χ4v) is 2.84. The van der Waals surface area contributed by atoms with Crippen LogP contribution < -0.4 is 0 Å². The second-order valence-corrected chi connectivity index (χ2v) is 5.95. The van der Waals surface area contributed by atoms with Crippen LogP contribution in [0.3, 0.4) is 0 Å². The fraction of sp³-hybridized carbons (Fsp3) is 0.286. The van der Waals surface area contributed by atoms with Gasteiger partial charge in [0.1, 0.15) is 9.09 Å². The van der Waals surface area contributed by atoms with E-state index in [9.17, 15) is 13.2 Å². The lowest BCUT2D eigenvalue weighted by atomic mass is 10.3. The maximum Gasteiger partial charge on any atom is 0.346 e. The van der Waals surface area contributed by atoms with Gasteiger partial charge in [0, 0.05) is 6.26 Å². The van der Waals surface area contributed by atoms with Crippen LogP contribution in [0.25, 0.3) is 0 Å². The first-order valence-electron chi connectivity index (χ1n) is 3.36. The Kier molecular flexibility index (Phi) is 2.44. The van der Waals surface area contributed by atoms with E-state index in [2.05, 4.69) is 0 Å². The largest absolute Gasteiger partial charge is 0.477 e. The molecule has 13 heavy (non-hydrogen) atoms. The number of aryl methyl sites for hydroxylation is 1. The summed E-state index contributed by atoms with van der Waals surface area (Å²) in [4.78, 5) is 10.7. The molecule has 1 aromatic heterocycles. The Morgan fingerprint density at radius 3 is 2.31 bits per heavy atom. The van der Waals surface area contributed by atoms with Gasteiger partial charge in [0.15, 0.2) is 9.84 Å². The highest BCUT2D eigenvalue weighted by Crippen LogP contribution is 2.25. The molecule has 1 heterocycles. The second kappa shape index (κ2) is 3.12. The van der Waals surface area contributed by atoms with E-state index in [0.717, 1.165) is 17.6 Å². The summed E-state index contributed by atoms with van der Waals surface area (Å²) in [5.41, 5.74) is 0.484. The Labute approximate surface area is 79.7 Å². The van der Waals surface area contributed by atoms with Crippen molar-refractivity contribution < 1.29 is 18.3 Å². The topological polar surface area (TPSA) is 71.4 Å². The molecule has 0 aliphatic heterocycles. The van der Waals surface area contributed by atoms with Crippen LogP contribution in [-0.4, -0.2) is 25.7 Å². The summed E-state index contributed by atoms with van der Waals surface area (Å²) in [7, 11) is -3.28. The molecule has 0 saturated heterocycles. The molecule has 0 aromatic carbocycles. The normalized spacial score (nSPS) is 11.5. The van der Waals surface area contributed by atoms with Crippen molar-refractivity contribution in [3.05, 3.63) is 16.5 Å². The van der Waals surface area contributed by atoms with Gasteiger partial charge in [-0.15, -0.1) is 11.3 Å². The fourth-order valence-electron chi connectivity index (χ4n) is 0.848. The minimum Gasteiger partial charge on any atom is -0.477 e. The van der Waals surface area contributed by atoms with Gasteiger partial charge in [-0.3, -0.25) is 0 Å². The number of sulfone groups is 1. The Hall–Kier alpha value is -0.880. The maximum atomic E-state index is 11.0. The Morgan fingerprint density at radius 1 is 1.54 bits per heavy atom. The van der Waals surface area contributed by atoms with Crippen LogP contribution in [0.4, 0.5) is 0 Å². The van der Waals surface area contributed by atoms with Crippen molar-refractivity contribution in [2.45, 2.75) is 11.1 Å². The number of rotatable bonds is 2. The van der Waals surface area contributed by atoms with Crippen LogP contribution in [0, 0.1) is 6.92 Å². The third-order valence-electron chi connectivity index (χ3n) is 1.45. The number of hydrogen-bond acceptors (Lipinski definition) is 4. The third-order valence-corrected chi connectivity index (χ3v) is 4.48. The zero-order chi connectivity index (χ0) is 10.2. The van der Waals surface area contributed by atoms with Crippen molar-refractivity contribution in [3.63, 3.8) is 0 Å². The molecule has 0 fully saturated rings. The van der Waals surface area contributed by atoms with E-state index in [1.54, 1.807) is 6.92 Å². The molecule has 0 bridgehead atoms. The standard InChI is InChI=1S/C7H8O4S2/c1-4-3-5(13(2,10)11)12-6(4)7(8)9/h3H,1-2H3,(H,8,9). The van der Waals surface area contributed by atoms with Crippen molar-refractivity contribution >= 4 is 27.1 Å². The first-order valence-corrected chi connectivity index (χ1v) is 6.07. The molecular formula is C7H8O4S2. The van der Waals surface area contributed by atoms with Gasteiger partial charge in [-0.25, -0.2) is 13.2 Å². The lowest BCUT2D eigenvalue weighted by Gasteiger charge is -1.88. The molecule has 6 heteroatoms. The number of carboxylic acid groups (broad SMARTS) is 1. The first-order chi connectivity index (χ1) is 5.82.